The lowest BCUT2D eigenvalue weighted by Gasteiger charge is -2.57. The van der Waals surface area contributed by atoms with Crippen LogP contribution in [0.1, 0.15) is 52.4 Å². The molecule has 0 spiro atoms. The van der Waals surface area contributed by atoms with Crippen LogP contribution in [0.2, 0.25) is 0 Å². The highest BCUT2D eigenvalue weighted by Gasteiger charge is 2.51. The first kappa shape index (κ1) is 9.57. The van der Waals surface area contributed by atoms with E-state index in [1.807, 2.05) is 0 Å². The summed E-state index contributed by atoms with van der Waals surface area (Å²) in [6.07, 6.45) is 9.42. The fourth-order valence-electron chi connectivity index (χ4n) is 4.68. The highest BCUT2D eigenvalue weighted by atomic mass is 32.2. The Hall–Kier alpha value is 0.350. The molecule has 0 N–H and O–H groups in total. The molecule has 0 aromatic carbocycles. The molecule has 4 rings (SSSR count). The van der Waals surface area contributed by atoms with Crippen molar-refractivity contribution in [3.05, 3.63) is 0 Å². The van der Waals surface area contributed by atoms with Crippen molar-refractivity contribution in [2.75, 3.05) is 0 Å². The minimum Gasteiger partial charge on any atom is -0.152 e. The lowest BCUT2D eigenvalue weighted by atomic mass is 9.56. The van der Waals surface area contributed by atoms with Gasteiger partial charge in [0, 0.05) is 4.75 Å². The summed E-state index contributed by atoms with van der Waals surface area (Å²) in [5.41, 5.74) is 0. The minimum atomic E-state index is 0.739. The van der Waals surface area contributed by atoms with Crippen molar-refractivity contribution in [2.24, 2.45) is 17.8 Å². The maximum Gasteiger partial charge on any atom is 0.0170 e. The molecule has 80 valence electrons. The zero-order chi connectivity index (χ0) is 9.76. The number of hydrogen-bond acceptors (Lipinski definition) is 1. The Kier molecular flexibility index (Phi) is 2.17. The van der Waals surface area contributed by atoms with Crippen LogP contribution in [0.4, 0.5) is 0 Å². The van der Waals surface area contributed by atoms with E-state index in [0.717, 1.165) is 27.8 Å². The molecule has 0 heterocycles. The van der Waals surface area contributed by atoms with Gasteiger partial charge in [0.1, 0.15) is 0 Å². The maximum atomic E-state index is 2.38. The van der Waals surface area contributed by atoms with Crippen LogP contribution in [0.25, 0.3) is 0 Å². The molecule has 0 nitrogen and oxygen atoms in total. The van der Waals surface area contributed by atoms with Crippen molar-refractivity contribution < 1.29 is 0 Å². The molecule has 4 bridgehead atoms. The second kappa shape index (κ2) is 3.17. The first-order valence-corrected chi connectivity index (χ1v) is 7.21. The summed E-state index contributed by atoms with van der Waals surface area (Å²) in [6.45, 7) is 4.76. The Bertz CT molecular complexity index is 190. The van der Waals surface area contributed by atoms with Crippen molar-refractivity contribution >= 4 is 11.8 Å². The summed E-state index contributed by atoms with van der Waals surface area (Å²) in [4.78, 5) is 0. The average Bonchev–Trinajstić information content (AvgIpc) is 1.96. The van der Waals surface area contributed by atoms with Crippen LogP contribution in [-0.2, 0) is 0 Å². The van der Waals surface area contributed by atoms with Gasteiger partial charge in [0.2, 0.25) is 0 Å². The summed E-state index contributed by atoms with van der Waals surface area (Å²) in [7, 11) is 0. The molecule has 0 atom stereocenters. The lowest BCUT2D eigenvalue weighted by Crippen LogP contribution is -2.49. The van der Waals surface area contributed by atoms with Crippen molar-refractivity contribution in [3.8, 4) is 0 Å². The van der Waals surface area contributed by atoms with E-state index in [9.17, 15) is 0 Å². The van der Waals surface area contributed by atoms with Crippen LogP contribution in [0.15, 0.2) is 0 Å². The Morgan fingerprint density at radius 3 is 1.71 bits per heavy atom. The molecule has 1 heteroatoms. The first-order chi connectivity index (χ1) is 6.65. The first-order valence-electron chi connectivity index (χ1n) is 6.33. The van der Waals surface area contributed by atoms with E-state index in [0.29, 0.717) is 0 Å². The van der Waals surface area contributed by atoms with Gasteiger partial charge in [-0.1, -0.05) is 13.8 Å². The third-order valence-electron chi connectivity index (χ3n) is 4.47. The molecule has 0 unspecified atom stereocenters. The molecule has 0 aliphatic heterocycles. The highest BCUT2D eigenvalue weighted by Crippen LogP contribution is 2.61. The number of thioether (sulfide) groups is 1. The molecule has 14 heavy (non-hydrogen) atoms. The Balaban J connectivity index is 1.80. The third-order valence-corrected chi connectivity index (χ3v) is 5.94. The van der Waals surface area contributed by atoms with E-state index < -0.39 is 0 Å². The van der Waals surface area contributed by atoms with Crippen LogP contribution in [0.5, 0.6) is 0 Å². The monoisotopic (exact) mass is 210 g/mol. The van der Waals surface area contributed by atoms with Crippen molar-refractivity contribution in [1.29, 1.82) is 0 Å². The number of rotatable bonds is 2. The van der Waals surface area contributed by atoms with Gasteiger partial charge in [-0.05, 0) is 61.5 Å². The molecule has 0 radical (unpaired) electrons. The summed E-state index contributed by atoms with van der Waals surface area (Å²) in [5, 5.41) is 0.839. The summed E-state index contributed by atoms with van der Waals surface area (Å²) < 4.78 is 0.739. The highest BCUT2D eigenvalue weighted by molar-refractivity contribution is 8.01. The number of hydrogen-bond donors (Lipinski definition) is 0. The molecule has 4 aliphatic rings. The van der Waals surface area contributed by atoms with Gasteiger partial charge < -0.3 is 0 Å². The van der Waals surface area contributed by atoms with Gasteiger partial charge in [0.05, 0.1) is 0 Å². The molecule has 4 fully saturated rings. The quantitative estimate of drug-likeness (QED) is 0.661. The van der Waals surface area contributed by atoms with Crippen molar-refractivity contribution in [2.45, 2.75) is 62.4 Å². The van der Waals surface area contributed by atoms with E-state index in [2.05, 4.69) is 25.6 Å². The van der Waals surface area contributed by atoms with E-state index in [1.165, 1.54) is 0 Å². The molecule has 4 aliphatic carbocycles. The smallest absolute Gasteiger partial charge is 0.0170 e. The largest absolute Gasteiger partial charge is 0.152 e. The summed E-state index contributed by atoms with van der Waals surface area (Å²) in [6, 6.07) is 0. The second-order valence-electron chi connectivity index (χ2n) is 6.27. The zero-order valence-electron chi connectivity index (χ0n) is 9.46. The molecule has 0 aromatic heterocycles. The predicted molar refractivity (Wildman–Crippen MR) is 63.6 cm³/mol. The van der Waals surface area contributed by atoms with Gasteiger partial charge in [0.15, 0.2) is 0 Å². The topological polar surface area (TPSA) is 0 Å². The van der Waals surface area contributed by atoms with Crippen LogP contribution in [0.3, 0.4) is 0 Å². The second-order valence-corrected chi connectivity index (χ2v) is 8.31. The standard InChI is InChI=1S/C13H22S/c1-9(2)14-13-6-10-3-11(7-13)5-12(4-10)8-13/h9-12H,3-8H2,1-2H3. The van der Waals surface area contributed by atoms with E-state index in [4.69, 9.17) is 0 Å². The normalized spacial score (nSPS) is 50.4. The van der Waals surface area contributed by atoms with Crippen LogP contribution >= 0.6 is 11.8 Å². The Morgan fingerprint density at radius 1 is 0.929 bits per heavy atom. The van der Waals surface area contributed by atoms with E-state index >= 15 is 0 Å². The molecule has 0 amide bonds. The molecule has 4 saturated carbocycles. The zero-order valence-corrected chi connectivity index (χ0v) is 10.3. The Labute approximate surface area is 92.2 Å². The van der Waals surface area contributed by atoms with Gasteiger partial charge in [0.25, 0.3) is 0 Å². The molecule has 0 saturated heterocycles. The molecule has 0 aromatic rings. The van der Waals surface area contributed by atoms with Crippen molar-refractivity contribution in [3.63, 3.8) is 0 Å². The van der Waals surface area contributed by atoms with E-state index in [-0.39, 0.29) is 0 Å². The molecular weight excluding hydrogens is 188 g/mol. The van der Waals surface area contributed by atoms with Crippen LogP contribution in [-0.4, -0.2) is 10.00 Å². The van der Waals surface area contributed by atoms with Crippen molar-refractivity contribution in [1.82, 2.24) is 0 Å². The van der Waals surface area contributed by atoms with Crippen LogP contribution < -0.4 is 0 Å². The minimum absolute atomic E-state index is 0.739. The van der Waals surface area contributed by atoms with Gasteiger partial charge in [-0.15, -0.1) is 0 Å². The molecular formula is C13H22S. The van der Waals surface area contributed by atoms with Gasteiger partial charge in [-0.3, -0.25) is 0 Å². The SMILES string of the molecule is CC(C)SC12CC3CC(CC(C3)C1)C2. The predicted octanol–water partition coefficient (Wildman–Crippen LogP) is 4.10. The van der Waals surface area contributed by atoms with E-state index in [1.54, 1.807) is 38.5 Å². The third kappa shape index (κ3) is 1.52. The fourth-order valence-corrected chi connectivity index (χ4v) is 6.67. The summed E-state index contributed by atoms with van der Waals surface area (Å²) in [5.74, 6) is 3.35. The summed E-state index contributed by atoms with van der Waals surface area (Å²) >= 11 is 2.31. The van der Waals surface area contributed by atoms with Gasteiger partial charge in [-0.25, -0.2) is 0 Å². The lowest BCUT2D eigenvalue weighted by molar-refractivity contribution is 0.0382. The maximum absolute atomic E-state index is 2.38. The Morgan fingerprint density at radius 2 is 1.36 bits per heavy atom. The average molecular weight is 210 g/mol. The van der Waals surface area contributed by atoms with Gasteiger partial charge in [-0.2, -0.15) is 11.8 Å². The van der Waals surface area contributed by atoms with Crippen LogP contribution in [0, 0.1) is 17.8 Å². The van der Waals surface area contributed by atoms with Gasteiger partial charge >= 0.3 is 0 Å². The fraction of sp³-hybridized carbons (Fsp3) is 1.00.